The number of carbonyl (C=O) groups excluding carboxylic acids is 1. The predicted octanol–water partition coefficient (Wildman–Crippen LogP) is 1.59. The fourth-order valence-electron chi connectivity index (χ4n) is 1.10. The normalized spacial score (nSPS) is 9.62. The third-order valence-corrected chi connectivity index (χ3v) is 2.36. The number of benzene rings is 1. The lowest BCUT2D eigenvalue weighted by Crippen LogP contribution is -2.28. The monoisotopic (exact) mass is 287 g/mol. The Morgan fingerprint density at radius 3 is 2.88 bits per heavy atom. The third kappa shape index (κ3) is 4.53. The lowest BCUT2D eigenvalue weighted by Gasteiger charge is -2.08. The molecule has 16 heavy (non-hydrogen) atoms. The molecule has 0 fully saturated rings. The molecule has 1 aromatic rings. The van der Waals surface area contributed by atoms with Crippen molar-refractivity contribution in [1.82, 2.24) is 5.32 Å². The highest BCUT2D eigenvalue weighted by atomic mass is 79.9. The largest absolute Gasteiger partial charge is 0.497 e. The molecule has 4 nitrogen and oxygen atoms in total. The highest BCUT2D eigenvalue weighted by molar-refractivity contribution is 9.09. The van der Waals surface area contributed by atoms with Crippen molar-refractivity contribution in [2.75, 3.05) is 25.6 Å². The van der Waals surface area contributed by atoms with Gasteiger partial charge in [0.1, 0.15) is 18.1 Å². The zero-order chi connectivity index (χ0) is 11.8. The van der Waals surface area contributed by atoms with E-state index in [2.05, 4.69) is 21.2 Å². The Morgan fingerprint density at radius 1 is 1.44 bits per heavy atom. The molecule has 88 valence electrons. The van der Waals surface area contributed by atoms with E-state index in [0.717, 1.165) is 11.5 Å². The third-order valence-electron chi connectivity index (χ3n) is 1.86. The molecule has 0 aliphatic carbocycles. The molecule has 0 spiro atoms. The Labute approximate surface area is 103 Å². The van der Waals surface area contributed by atoms with Crippen LogP contribution in [0, 0.1) is 0 Å². The van der Waals surface area contributed by atoms with Gasteiger partial charge < -0.3 is 14.8 Å². The summed E-state index contributed by atoms with van der Waals surface area (Å²) in [5.41, 5.74) is 0. The van der Waals surface area contributed by atoms with Gasteiger partial charge in [0.05, 0.1) is 19.0 Å². The lowest BCUT2D eigenvalue weighted by atomic mass is 10.3. The molecule has 0 unspecified atom stereocenters. The maximum absolute atomic E-state index is 10.9. The van der Waals surface area contributed by atoms with Crippen molar-refractivity contribution in [3.63, 3.8) is 0 Å². The number of alkyl halides is 1. The SMILES string of the molecule is COc1cccc(OCCNC(=O)CBr)c1. The topological polar surface area (TPSA) is 47.6 Å². The molecular weight excluding hydrogens is 274 g/mol. The second-order valence-electron chi connectivity index (χ2n) is 3.01. The van der Waals surface area contributed by atoms with Crippen LogP contribution in [-0.2, 0) is 4.79 Å². The summed E-state index contributed by atoms with van der Waals surface area (Å²) in [6.07, 6.45) is 0. The van der Waals surface area contributed by atoms with Crippen LogP contribution in [0.15, 0.2) is 24.3 Å². The summed E-state index contributed by atoms with van der Waals surface area (Å²) in [5.74, 6) is 1.43. The Kier molecular flexibility index (Phi) is 5.71. The number of ether oxygens (including phenoxy) is 2. The second-order valence-corrected chi connectivity index (χ2v) is 3.57. The van der Waals surface area contributed by atoms with E-state index in [1.165, 1.54) is 0 Å². The number of rotatable bonds is 6. The van der Waals surface area contributed by atoms with Crippen LogP contribution < -0.4 is 14.8 Å². The molecule has 0 aliphatic heterocycles. The number of nitrogens with one attached hydrogen (secondary N) is 1. The van der Waals surface area contributed by atoms with E-state index in [9.17, 15) is 4.79 Å². The molecular formula is C11H14BrNO3. The molecule has 1 aromatic carbocycles. The van der Waals surface area contributed by atoms with Crippen LogP contribution in [0.3, 0.4) is 0 Å². The smallest absolute Gasteiger partial charge is 0.230 e. The zero-order valence-corrected chi connectivity index (χ0v) is 10.6. The van der Waals surface area contributed by atoms with E-state index >= 15 is 0 Å². The van der Waals surface area contributed by atoms with Gasteiger partial charge in [-0.3, -0.25) is 4.79 Å². The fraction of sp³-hybridized carbons (Fsp3) is 0.364. The lowest BCUT2D eigenvalue weighted by molar-refractivity contribution is -0.118. The van der Waals surface area contributed by atoms with Crippen molar-refractivity contribution in [3.8, 4) is 11.5 Å². The first-order chi connectivity index (χ1) is 7.76. The maximum atomic E-state index is 10.9. The molecule has 1 amide bonds. The number of amides is 1. The first-order valence-electron chi connectivity index (χ1n) is 4.86. The van der Waals surface area contributed by atoms with Crippen molar-refractivity contribution >= 4 is 21.8 Å². The van der Waals surface area contributed by atoms with Crippen LogP contribution in [0.4, 0.5) is 0 Å². The van der Waals surface area contributed by atoms with Crippen LogP contribution in [0.1, 0.15) is 0 Å². The second kappa shape index (κ2) is 7.11. The van der Waals surface area contributed by atoms with Gasteiger partial charge in [-0.1, -0.05) is 22.0 Å². The van der Waals surface area contributed by atoms with Gasteiger partial charge in [-0.2, -0.15) is 0 Å². The fourth-order valence-corrected chi connectivity index (χ4v) is 1.30. The molecule has 0 bridgehead atoms. The Bertz CT molecular complexity index is 344. The average molecular weight is 288 g/mol. The summed E-state index contributed by atoms with van der Waals surface area (Å²) in [6, 6.07) is 7.34. The number of halogens is 1. The van der Waals surface area contributed by atoms with Crippen LogP contribution in [0.5, 0.6) is 11.5 Å². The Balaban J connectivity index is 2.28. The number of methoxy groups -OCH3 is 1. The zero-order valence-electron chi connectivity index (χ0n) is 9.03. The highest BCUT2D eigenvalue weighted by Crippen LogP contribution is 2.18. The minimum atomic E-state index is -0.0470. The summed E-state index contributed by atoms with van der Waals surface area (Å²) in [7, 11) is 1.61. The van der Waals surface area contributed by atoms with Gasteiger partial charge in [0.2, 0.25) is 5.91 Å². The summed E-state index contributed by atoms with van der Waals surface area (Å²) < 4.78 is 10.5. The molecule has 0 atom stereocenters. The van der Waals surface area contributed by atoms with Crippen molar-refractivity contribution in [2.45, 2.75) is 0 Å². The highest BCUT2D eigenvalue weighted by Gasteiger charge is 1.98. The average Bonchev–Trinajstić information content (AvgIpc) is 2.34. The Hall–Kier alpha value is -1.23. The van der Waals surface area contributed by atoms with Crippen LogP contribution in [0.2, 0.25) is 0 Å². The molecule has 0 heterocycles. The van der Waals surface area contributed by atoms with Gasteiger partial charge >= 0.3 is 0 Å². The van der Waals surface area contributed by atoms with Gasteiger partial charge in [-0.25, -0.2) is 0 Å². The molecule has 0 aliphatic rings. The Morgan fingerprint density at radius 2 is 2.19 bits per heavy atom. The van der Waals surface area contributed by atoms with Crippen molar-refractivity contribution in [3.05, 3.63) is 24.3 Å². The number of hydrogen-bond donors (Lipinski definition) is 1. The molecule has 1 N–H and O–H groups in total. The predicted molar refractivity (Wildman–Crippen MR) is 65.3 cm³/mol. The van der Waals surface area contributed by atoms with Gasteiger partial charge in [-0.15, -0.1) is 0 Å². The molecule has 0 saturated heterocycles. The molecule has 0 aromatic heterocycles. The van der Waals surface area contributed by atoms with E-state index in [-0.39, 0.29) is 5.91 Å². The van der Waals surface area contributed by atoms with Gasteiger partial charge in [0.15, 0.2) is 0 Å². The number of carbonyl (C=O) groups is 1. The standard InChI is InChI=1S/C11H14BrNO3/c1-15-9-3-2-4-10(7-9)16-6-5-13-11(14)8-12/h2-4,7H,5-6,8H2,1H3,(H,13,14). The summed E-state index contributed by atoms with van der Waals surface area (Å²) >= 11 is 3.06. The van der Waals surface area contributed by atoms with Crippen LogP contribution >= 0.6 is 15.9 Å². The number of hydrogen-bond acceptors (Lipinski definition) is 3. The minimum absolute atomic E-state index is 0.0470. The molecule has 5 heteroatoms. The first-order valence-corrected chi connectivity index (χ1v) is 5.98. The summed E-state index contributed by atoms with van der Waals surface area (Å²) in [5, 5.41) is 3.00. The quantitative estimate of drug-likeness (QED) is 0.638. The van der Waals surface area contributed by atoms with E-state index in [0.29, 0.717) is 18.5 Å². The van der Waals surface area contributed by atoms with Gasteiger partial charge in [0.25, 0.3) is 0 Å². The maximum Gasteiger partial charge on any atom is 0.230 e. The van der Waals surface area contributed by atoms with Gasteiger partial charge in [0, 0.05) is 6.07 Å². The first kappa shape index (κ1) is 12.8. The molecule has 1 rings (SSSR count). The summed E-state index contributed by atoms with van der Waals surface area (Å²) in [4.78, 5) is 10.9. The molecule has 0 saturated carbocycles. The van der Waals surface area contributed by atoms with Crippen molar-refractivity contribution < 1.29 is 14.3 Å². The van der Waals surface area contributed by atoms with Crippen molar-refractivity contribution in [2.24, 2.45) is 0 Å². The van der Waals surface area contributed by atoms with E-state index in [4.69, 9.17) is 9.47 Å². The van der Waals surface area contributed by atoms with Crippen molar-refractivity contribution in [1.29, 1.82) is 0 Å². The van der Waals surface area contributed by atoms with Crippen LogP contribution in [-0.4, -0.2) is 31.5 Å². The van der Waals surface area contributed by atoms with E-state index in [1.54, 1.807) is 13.2 Å². The molecule has 0 radical (unpaired) electrons. The minimum Gasteiger partial charge on any atom is -0.497 e. The van der Waals surface area contributed by atoms with Crippen LogP contribution in [0.25, 0.3) is 0 Å². The van der Waals surface area contributed by atoms with E-state index in [1.807, 2.05) is 18.2 Å². The summed E-state index contributed by atoms with van der Waals surface area (Å²) in [6.45, 7) is 0.924. The van der Waals surface area contributed by atoms with Gasteiger partial charge in [-0.05, 0) is 12.1 Å². The van der Waals surface area contributed by atoms with E-state index < -0.39 is 0 Å².